The first-order valence-corrected chi connectivity index (χ1v) is 6.33. The summed E-state index contributed by atoms with van der Waals surface area (Å²) in [7, 11) is 1.63. The van der Waals surface area contributed by atoms with Gasteiger partial charge in [-0.05, 0) is 38.5 Å². The number of hydrogen-bond donors (Lipinski definition) is 0. The first kappa shape index (κ1) is 14.2. The van der Waals surface area contributed by atoms with Gasteiger partial charge in [0.1, 0.15) is 11.6 Å². The zero-order valence-electron chi connectivity index (χ0n) is 12.0. The number of carbonyl (C=O) groups is 1. The van der Waals surface area contributed by atoms with Gasteiger partial charge in [0.05, 0.1) is 17.8 Å². The number of halogens is 1. The molecule has 0 N–H and O–H groups in total. The highest BCUT2D eigenvalue weighted by atomic mass is 19.1. The number of amides is 1. The van der Waals surface area contributed by atoms with Crippen LogP contribution < -0.4 is 0 Å². The summed E-state index contributed by atoms with van der Waals surface area (Å²) in [6.07, 6.45) is 0. The molecule has 1 aromatic heterocycles. The van der Waals surface area contributed by atoms with Gasteiger partial charge in [0.25, 0.3) is 5.91 Å². The minimum absolute atomic E-state index is 0.0739. The van der Waals surface area contributed by atoms with E-state index in [1.165, 1.54) is 17.0 Å². The smallest absolute Gasteiger partial charge is 0.256 e. The Labute approximate surface area is 117 Å². The Kier molecular flexibility index (Phi) is 3.88. The molecule has 0 aliphatic carbocycles. The molecule has 0 aliphatic heterocycles. The maximum absolute atomic E-state index is 13.8. The van der Waals surface area contributed by atoms with Crippen LogP contribution in [0.15, 0.2) is 22.7 Å². The van der Waals surface area contributed by atoms with E-state index in [1.54, 1.807) is 27.0 Å². The van der Waals surface area contributed by atoms with Crippen molar-refractivity contribution in [3.8, 4) is 0 Å². The summed E-state index contributed by atoms with van der Waals surface area (Å²) in [6, 6.07) is 4.59. The van der Waals surface area contributed by atoms with Crippen LogP contribution in [0.5, 0.6) is 0 Å². The minimum atomic E-state index is -0.499. The summed E-state index contributed by atoms with van der Waals surface area (Å²) in [6.45, 7) is 5.73. The van der Waals surface area contributed by atoms with Crippen LogP contribution in [0.1, 0.15) is 32.9 Å². The molecule has 0 saturated heterocycles. The molecule has 0 spiro atoms. The molecule has 1 heterocycles. The second-order valence-electron chi connectivity index (χ2n) is 4.95. The van der Waals surface area contributed by atoms with Crippen LogP contribution in [0.25, 0.3) is 0 Å². The minimum Gasteiger partial charge on any atom is -0.361 e. The summed E-state index contributed by atoms with van der Waals surface area (Å²) in [5, 5.41) is 3.84. The van der Waals surface area contributed by atoms with E-state index < -0.39 is 5.82 Å². The highest BCUT2D eigenvalue weighted by molar-refractivity contribution is 5.94. The Hall–Kier alpha value is -2.17. The average Bonchev–Trinajstić information content (AvgIpc) is 2.70. The van der Waals surface area contributed by atoms with Gasteiger partial charge >= 0.3 is 0 Å². The average molecular weight is 276 g/mol. The Morgan fingerprint density at radius 2 is 2.05 bits per heavy atom. The molecule has 1 amide bonds. The van der Waals surface area contributed by atoms with Gasteiger partial charge < -0.3 is 9.42 Å². The van der Waals surface area contributed by atoms with Crippen molar-refractivity contribution in [1.82, 2.24) is 10.1 Å². The SMILES string of the molecule is Cc1ccc(C(=O)N(C)Cc2c(C)noc2C)c(F)c1. The first-order valence-electron chi connectivity index (χ1n) is 6.33. The monoisotopic (exact) mass is 276 g/mol. The van der Waals surface area contributed by atoms with Gasteiger partial charge in [0, 0.05) is 12.6 Å². The van der Waals surface area contributed by atoms with Crippen molar-refractivity contribution < 1.29 is 13.7 Å². The highest BCUT2D eigenvalue weighted by Crippen LogP contribution is 2.17. The summed E-state index contributed by atoms with van der Waals surface area (Å²) in [5.41, 5.74) is 2.46. The summed E-state index contributed by atoms with van der Waals surface area (Å²) < 4.78 is 18.9. The highest BCUT2D eigenvalue weighted by Gasteiger charge is 2.19. The number of nitrogens with zero attached hydrogens (tertiary/aromatic N) is 2. The summed E-state index contributed by atoms with van der Waals surface area (Å²) >= 11 is 0. The molecular weight excluding hydrogens is 259 g/mol. The van der Waals surface area contributed by atoms with E-state index in [-0.39, 0.29) is 11.5 Å². The van der Waals surface area contributed by atoms with Crippen molar-refractivity contribution in [3.05, 3.63) is 52.2 Å². The van der Waals surface area contributed by atoms with Gasteiger partial charge in [-0.3, -0.25) is 4.79 Å². The second kappa shape index (κ2) is 5.45. The molecule has 0 unspecified atom stereocenters. The lowest BCUT2D eigenvalue weighted by Gasteiger charge is -2.17. The number of rotatable bonds is 3. The van der Waals surface area contributed by atoms with Crippen LogP contribution in [0, 0.1) is 26.6 Å². The van der Waals surface area contributed by atoms with E-state index >= 15 is 0 Å². The lowest BCUT2D eigenvalue weighted by Crippen LogP contribution is -2.27. The van der Waals surface area contributed by atoms with E-state index in [4.69, 9.17) is 4.52 Å². The Balaban J connectivity index is 2.21. The molecule has 0 fully saturated rings. The lowest BCUT2D eigenvalue weighted by molar-refractivity contribution is 0.0780. The van der Waals surface area contributed by atoms with Crippen LogP contribution in [0.4, 0.5) is 4.39 Å². The number of aromatic nitrogens is 1. The van der Waals surface area contributed by atoms with Crippen LogP contribution in [-0.4, -0.2) is 23.0 Å². The normalized spacial score (nSPS) is 10.7. The molecule has 0 atom stereocenters. The largest absolute Gasteiger partial charge is 0.361 e. The van der Waals surface area contributed by atoms with E-state index in [0.717, 1.165) is 16.8 Å². The molecule has 20 heavy (non-hydrogen) atoms. The van der Waals surface area contributed by atoms with Crippen molar-refractivity contribution in [1.29, 1.82) is 0 Å². The van der Waals surface area contributed by atoms with Gasteiger partial charge in [-0.25, -0.2) is 4.39 Å². The van der Waals surface area contributed by atoms with Crippen molar-refractivity contribution in [2.24, 2.45) is 0 Å². The molecule has 0 radical (unpaired) electrons. The zero-order valence-corrected chi connectivity index (χ0v) is 12.0. The Bertz CT molecular complexity index is 630. The molecule has 0 saturated carbocycles. The molecule has 4 nitrogen and oxygen atoms in total. The molecule has 5 heteroatoms. The summed E-state index contributed by atoms with van der Waals surface area (Å²) in [5.74, 6) is -0.186. The predicted octanol–water partition coefficient (Wildman–Crippen LogP) is 3.01. The number of carbonyl (C=O) groups excluding carboxylic acids is 1. The number of aryl methyl sites for hydroxylation is 3. The van der Waals surface area contributed by atoms with Crippen molar-refractivity contribution >= 4 is 5.91 Å². The predicted molar refractivity (Wildman–Crippen MR) is 72.9 cm³/mol. The third-order valence-electron chi connectivity index (χ3n) is 3.28. The lowest BCUT2D eigenvalue weighted by atomic mass is 10.1. The Morgan fingerprint density at radius 3 is 2.60 bits per heavy atom. The van der Waals surface area contributed by atoms with Crippen molar-refractivity contribution in [3.63, 3.8) is 0 Å². The first-order chi connectivity index (χ1) is 9.40. The van der Waals surface area contributed by atoms with Crippen LogP contribution in [0.2, 0.25) is 0 Å². The molecule has 106 valence electrons. The third kappa shape index (κ3) is 2.71. The van der Waals surface area contributed by atoms with Crippen LogP contribution in [0.3, 0.4) is 0 Å². The maximum Gasteiger partial charge on any atom is 0.256 e. The standard InChI is InChI=1S/C15H17FN2O2/c1-9-5-6-12(14(16)7-9)15(19)18(4)8-13-10(2)17-20-11(13)3/h5-7H,8H2,1-4H3. The van der Waals surface area contributed by atoms with Crippen molar-refractivity contribution in [2.45, 2.75) is 27.3 Å². The quantitative estimate of drug-likeness (QED) is 0.865. The van der Waals surface area contributed by atoms with Crippen LogP contribution in [-0.2, 0) is 6.54 Å². The Morgan fingerprint density at radius 1 is 1.35 bits per heavy atom. The summed E-state index contributed by atoms with van der Waals surface area (Å²) in [4.78, 5) is 13.7. The molecule has 0 aliphatic rings. The molecule has 1 aromatic carbocycles. The van der Waals surface area contributed by atoms with Crippen LogP contribution >= 0.6 is 0 Å². The molecule has 2 aromatic rings. The number of benzene rings is 1. The maximum atomic E-state index is 13.8. The van der Waals surface area contributed by atoms with Gasteiger partial charge in [-0.2, -0.15) is 0 Å². The fourth-order valence-corrected chi connectivity index (χ4v) is 2.04. The molecular formula is C15H17FN2O2. The number of hydrogen-bond acceptors (Lipinski definition) is 3. The van der Waals surface area contributed by atoms with E-state index in [9.17, 15) is 9.18 Å². The van der Waals surface area contributed by atoms with E-state index in [1.807, 2.05) is 6.92 Å². The van der Waals surface area contributed by atoms with Crippen molar-refractivity contribution in [2.75, 3.05) is 7.05 Å². The molecule has 2 rings (SSSR count). The van der Waals surface area contributed by atoms with Gasteiger partial charge in [-0.15, -0.1) is 0 Å². The van der Waals surface area contributed by atoms with E-state index in [0.29, 0.717) is 12.3 Å². The fourth-order valence-electron chi connectivity index (χ4n) is 2.04. The third-order valence-corrected chi connectivity index (χ3v) is 3.28. The van der Waals surface area contributed by atoms with Gasteiger partial charge in [0.15, 0.2) is 0 Å². The van der Waals surface area contributed by atoms with Gasteiger partial charge in [0.2, 0.25) is 0 Å². The zero-order chi connectivity index (χ0) is 14.9. The topological polar surface area (TPSA) is 46.3 Å². The van der Waals surface area contributed by atoms with E-state index in [2.05, 4.69) is 5.16 Å². The second-order valence-corrected chi connectivity index (χ2v) is 4.95. The fraction of sp³-hybridized carbons (Fsp3) is 0.333. The molecule has 0 bridgehead atoms. The van der Waals surface area contributed by atoms with Gasteiger partial charge in [-0.1, -0.05) is 11.2 Å².